The van der Waals surface area contributed by atoms with E-state index in [1.165, 1.54) is 36.2 Å². The predicted octanol–water partition coefficient (Wildman–Crippen LogP) is 1.51. The topological polar surface area (TPSA) is 39.7 Å². The van der Waals surface area contributed by atoms with Crippen LogP contribution in [0, 0.1) is 0 Å². The number of rotatable bonds is 2. The molecule has 0 amide bonds. The van der Waals surface area contributed by atoms with Gasteiger partial charge < -0.3 is 15.5 Å². The average Bonchev–Trinajstić information content (AvgIpc) is 2.46. The Morgan fingerprint density at radius 1 is 1.37 bits per heavy atom. The van der Waals surface area contributed by atoms with Crippen LogP contribution in [-0.4, -0.2) is 32.6 Å². The van der Waals surface area contributed by atoms with Gasteiger partial charge in [0.1, 0.15) is 0 Å². The number of hydrogen-bond acceptors (Lipinski definition) is 4. The van der Waals surface area contributed by atoms with Crippen molar-refractivity contribution in [2.24, 2.45) is 4.99 Å². The van der Waals surface area contributed by atoms with E-state index >= 15 is 0 Å². The molecule has 0 atom stereocenters. The van der Waals surface area contributed by atoms with Crippen molar-refractivity contribution in [2.45, 2.75) is 25.8 Å². The van der Waals surface area contributed by atoms with Gasteiger partial charge in [-0.3, -0.25) is 4.99 Å². The lowest BCUT2D eigenvalue weighted by atomic mass is 9.99. The third-order valence-corrected chi connectivity index (χ3v) is 3.85. The van der Waals surface area contributed by atoms with Gasteiger partial charge in [-0.15, -0.1) is 0 Å². The minimum Gasteiger partial charge on any atom is -0.374 e. The summed E-state index contributed by atoms with van der Waals surface area (Å²) < 4.78 is 0. The predicted molar refractivity (Wildman–Crippen MR) is 79.8 cm³/mol. The SMILES string of the molecule is CN1CCCc2cc(CNC3=NCCCN3)ccc21. The third kappa shape index (κ3) is 2.83. The number of fused-ring (bicyclic) bond motifs is 1. The van der Waals surface area contributed by atoms with E-state index in [0.29, 0.717) is 0 Å². The molecule has 1 aromatic carbocycles. The Morgan fingerprint density at radius 2 is 2.32 bits per heavy atom. The van der Waals surface area contributed by atoms with Gasteiger partial charge in [0.25, 0.3) is 0 Å². The van der Waals surface area contributed by atoms with Gasteiger partial charge in [-0.1, -0.05) is 12.1 Å². The molecule has 0 saturated heterocycles. The highest BCUT2D eigenvalue weighted by molar-refractivity contribution is 5.80. The molecule has 2 N–H and O–H groups in total. The summed E-state index contributed by atoms with van der Waals surface area (Å²) in [6.45, 7) is 3.99. The summed E-state index contributed by atoms with van der Waals surface area (Å²) in [5, 5.41) is 6.67. The van der Waals surface area contributed by atoms with E-state index in [4.69, 9.17) is 0 Å². The largest absolute Gasteiger partial charge is 0.374 e. The van der Waals surface area contributed by atoms with Gasteiger partial charge in [0, 0.05) is 38.9 Å². The van der Waals surface area contributed by atoms with E-state index in [-0.39, 0.29) is 0 Å². The van der Waals surface area contributed by atoms with Crippen LogP contribution in [0.15, 0.2) is 23.2 Å². The highest BCUT2D eigenvalue weighted by atomic mass is 15.2. The number of benzene rings is 1. The normalized spacial score (nSPS) is 18.4. The summed E-state index contributed by atoms with van der Waals surface area (Å²) in [6.07, 6.45) is 3.59. The third-order valence-electron chi connectivity index (χ3n) is 3.85. The smallest absolute Gasteiger partial charge is 0.191 e. The fourth-order valence-electron chi connectivity index (χ4n) is 2.79. The van der Waals surface area contributed by atoms with Crippen molar-refractivity contribution < 1.29 is 0 Å². The molecule has 0 aromatic heterocycles. The maximum atomic E-state index is 4.43. The Bertz CT molecular complexity index is 481. The van der Waals surface area contributed by atoms with Gasteiger partial charge in [-0.05, 0) is 36.5 Å². The van der Waals surface area contributed by atoms with Crippen LogP contribution in [-0.2, 0) is 13.0 Å². The van der Waals surface area contributed by atoms with Gasteiger partial charge in [0.05, 0.1) is 0 Å². The molecule has 3 rings (SSSR count). The molecule has 0 aliphatic carbocycles. The van der Waals surface area contributed by atoms with Gasteiger partial charge >= 0.3 is 0 Å². The van der Waals surface area contributed by atoms with Crippen LogP contribution in [0.25, 0.3) is 0 Å². The van der Waals surface area contributed by atoms with Crippen molar-refractivity contribution >= 4 is 11.6 Å². The highest BCUT2D eigenvalue weighted by Crippen LogP contribution is 2.26. The Hall–Kier alpha value is -1.71. The fraction of sp³-hybridized carbons (Fsp3) is 0.533. The summed E-state index contributed by atoms with van der Waals surface area (Å²) >= 11 is 0. The number of guanidine groups is 1. The Balaban J connectivity index is 1.67. The lowest BCUT2D eigenvalue weighted by Gasteiger charge is -2.28. The molecule has 2 aliphatic heterocycles. The van der Waals surface area contributed by atoms with Crippen LogP contribution in [0.5, 0.6) is 0 Å². The van der Waals surface area contributed by atoms with E-state index in [2.05, 4.69) is 45.8 Å². The number of aryl methyl sites for hydroxylation is 1. The minimum atomic E-state index is 0.850. The number of anilines is 1. The summed E-state index contributed by atoms with van der Waals surface area (Å²) in [5.41, 5.74) is 4.21. The zero-order valence-electron chi connectivity index (χ0n) is 11.6. The summed E-state index contributed by atoms with van der Waals surface area (Å²) in [7, 11) is 2.18. The van der Waals surface area contributed by atoms with Gasteiger partial charge in [-0.2, -0.15) is 0 Å². The summed E-state index contributed by atoms with van der Waals surface area (Å²) in [6, 6.07) is 6.81. The fourth-order valence-corrected chi connectivity index (χ4v) is 2.79. The average molecular weight is 258 g/mol. The monoisotopic (exact) mass is 258 g/mol. The molecule has 0 bridgehead atoms. The molecule has 4 nitrogen and oxygen atoms in total. The quantitative estimate of drug-likeness (QED) is 0.844. The standard InChI is InChI=1S/C15H22N4/c1-19-9-2-4-13-10-12(5-6-14(13)19)11-18-15-16-7-3-8-17-15/h5-6,10H,2-4,7-9,11H2,1H3,(H2,16,17,18). The second-order valence-corrected chi connectivity index (χ2v) is 5.35. The molecule has 1 aromatic rings. The number of aliphatic imine (C=N–C) groups is 1. The maximum absolute atomic E-state index is 4.43. The van der Waals surface area contributed by atoms with Crippen LogP contribution < -0.4 is 15.5 Å². The van der Waals surface area contributed by atoms with Gasteiger partial charge in [-0.25, -0.2) is 0 Å². The molecular formula is C15H22N4. The van der Waals surface area contributed by atoms with Gasteiger partial charge in [0.15, 0.2) is 5.96 Å². The molecule has 0 spiro atoms. The van der Waals surface area contributed by atoms with Crippen molar-refractivity contribution in [3.05, 3.63) is 29.3 Å². The van der Waals surface area contributed by atoms with Crippen LogP contribution in [0.2, 0.25) is 0 Å². The summed E-state index contributed by atoms with van der Waals surface area (Å²) in [5.74, 6) is 0.945. The number of hydrogen-bond donors (Lipinski definition) is 2. The molecule has 0 unspecified atom stereocenters. The minimum absolute atomic E-state index is 0.850. The first-order valence-electron chi connectivity index (χ1n) is 7.18. The molecule has 0 fully saturated rings. The van der Waals surface area contributed by atoms with Crippen molar-refractivity contribution in [1.29, 1.82) is 0 Å². The maximum Gasteiger partial charge on any atom is 0.191 e. The second kappa shape index (κ2) is 5.51. The molecule has 2 aliphatic rings. The zero-order chi connectivity index (χ0) is 13.1. The van der Waals surface area contributed by atoms with Crippen molar-refractivity contribution in [1.82, 2.24) is 10.6 Å². The number of nitrogens with one attached hydrogen (secondary N) is 2. The molecule has 0 radical (unpaired) electrons. The van der Waals surface area contributed by atoms with E-state index in [1.54, 1.807) is 0 Å². The molecular weight excluding hydrogens is 236 g/mol. The van der Waals surface area contributed by atoms with E-state index in [1.807, 2.05) is 0 Å². The van der Waals surface area contributed by atoms with E-state index < -0.39 is 0 Å². The van der Waals surface area contributed by atoms with Crippen LogP contribution in [0.3, 0.4) is 0 Å². The Kier molecular flexibility index (Phi) is 3.58. The van der Waals surface area contributed by atoms with Crippen molar-refractivity contribution in [3.63, 3.8) is 0 Å². The molecule has 4 heteroatoms. The van der Waals surface area contributed by atoms with E-state index in [9.17, 15) is 0 Å². The molecule has 0 saturated carbocycles. The van der Waals surface area contributed by atoms with Crippen LogP contribution in [0.4, 0.5) is 5.69 Å². The lowest BCUT2D eigenvalue weighted by molar-refractivity contribution is 0.700. The zero-order valence-corrected chi connectivity index (χ0v) is 11.6. The second-order valence-electron chi connectivity index (χ2n) is 5.35. The highest BCUT2D eigenvalue weighted by Gasteiger charge is 2.13. The molecule has 19 heavy (non-hydrogen) atoms. The molecule has 102 valence electrons. The van der Waals surface area contributed by atoms with Gasteiger partial charge in [0.2, 0.25) is 0 Å². The van der Waals surface area contributed by atoms with Crippen molar-refractivity contribution in [3.8, 4) is 0 Å². The number of nitrogens with zero attached hydrogens (tertiary/aromatic N) is 2. The first-order chi connectivity index (χ1) is 9.33. The lowest BCUT2D eigenvalue weighted by Crippen LogP contribution is -2.40. The summed E-state index contributed by atoms with van der Waals surface area (Å²) in [4.78, 5) is 6.78. The first kappa shape index (κ1) is 12.3. The van der Waals surface area contributed by atoms with Crippen LogP contribution >= 0.6 is 0 Å². The molecule has 2 heterocycles. The Morgan fingerprint density at radius 3 is 3.16 bits per heavy atom. The van der Waals surface area contributed by atoms with E-state index in [0.717, 1.165) is 32.0 Å². The van der Waals surface area contributed by atoms with Crippen LogP contribution in [0.1, 0.15) is 24.0 Å². The Labute approximate surface area is 114 Å². The van der Waals surface area contributed by atoms with Crippen molar-refractivity contribution in [2.75, 3.05) is 31.6 Å². The first-order valence-corrected chi connectivity index (χ1v) is 7.18.